The van der Waals surface area contributed by atoms with Crippen LogP contribution in [0.15, 0.2) is 53.6 Å². The van der Waals surface area contributed by atoms with Crippen LogP contribution in [-0.4, -0.2) is 36.2 Å². The summed E-state index contributed by atoms with van der Waals surface area (Å²) in [7, 11) is 1.42. The van der Waals surface area contributed by atoms with Crippen LogP contribution in [0.2, 0.25) is 0 Å². The van der Waals surface area contributed by atoms with Crippen LogP contribution in [0.1, 0.15) is 24.0 Å². The predicted octanol–water partition coefficient (Wildman–Crippen LogP) is 3.44. The Balaban J connectivity index is 2.12. The van der Waals surface area contributed by atoms with Gasteiger partial charge in [0.15, 0.2) is 0 Å². The lowest BCUT2D eigenvalue weighted by Crippen LogP contribution is -2.43. The molecular formula is C20H21F2N3O2S. The number of benzene rings is 2. The van der Waals surface area contributed by atoms with Crippen molar-refractivity contribution in [2.75, 3.05) is 20.3 Å². The Morgan fingerprint density at radius 1 is 1.25 bits per heavy atom. The van der Waals surface area contributed by atoms with Crippen molar-refractivity contribution in [3.05, 3.63) is 71.3 Å². The van der Waals surface area contributed by atoms with E-state index in [2.05, 4.69) is 5.10 Å². The zero-order chi connectivity index (χ0) is 20.1. The molecule has 2 N–H and O–H groups in total. The van der Waals surface area contributed by atoms with E-state index in [4.69, 9.17) is 10.5 Å². The van der Waals surface area contributed by atoms with Gasteiger partial charge in [-0.15, -0.1) is 0 Å². The van der Waals surface area contributed by atoms with Gasteiger partial charge in [-0.05, 0) is 43.1 Å². The van der Waals surface area contributed by atoms with Crippen LogP contribution in [0.3, 0.4) is 0 Å². The number of rotatable bonds is 7. The molecular weight excluding hydrogens is 384 g/mol. The lowest BCUT2D eigenvalue weighted by atomic mass is 10.00. The molecule has 1 aliphatic heterocycles. The molecule has 8 heteroatoms. The summed E-state index contributed by atoms with van der Waals surface area (Å²) in [6.45, 7) is 0.241. The minimum absolute atomic E-state index is 0.0192. The molecule has 2 aromatic carbocycles. The van der Waals surface area contributed by atoms with Crippen molar-refractivity contribution < 1.29 is 18.3 Å². The maximum absolute atomic E-state index is 14.4. The van der Waals surface area contributed by atoms with Crippen molar-refractivity contribution in [2.24, 2.45) is 10.8 Å². The van der Waals surface area contributed by atoms with Gasteiger partial charge in [0, 0.05) is 12.7 Å². The third kappa shape index (κ3) is 3.94. The quantitative estimate of drug-likeness (QED) is 0.766. The monoisotopic (exact) mass is 405 g/mol. The highest BCUT2D eigenvalue weighted by molar-refractivity contribution is 8.15. The highest BCUT2D eigenvalue weighted by Gasteiger charge is 2.48. The molecule has 28 heavy (non-hydrogen) atoms. The number of hydrazone groups is 1. The minimum Gasteiger partial charge on any atom is -0.375 e. The third-order valence-corrected chi connectivity index (χ3v) is 5.85. The maximum Gasteiger partial charge on any atom is 0.270 e. The predicted molar refractivity (Wildman–Crippen MR) is 106 cm³/mol. The molecule has 0 bridgehead atoms. The molecule has 0 saturated carbocycles. The molecule has 148 valence electrons. The highest BCUT2D eigenvalue weighted by atomic mass is 32.2. The third-order valence-electron chi connectivity index (χ3n) is 4.41. The van der Waals surface area contributed by atoms with Gasteiger partial charge in [-0.25, -0.2) is 13.8 Å². The molecule has 0 unspecified atom stereocenters. The van der Waals surface area contributed by atoms with Crippen LogP contribution in [0.5, 0.6) is 0 Å². The van der Waals surface area contributed by atoms with E-state index in [1.165, 1.54) is 23.9 Å². The Labute approximate surface area is 166 Å². The molecule has 1 atom stereocenters. The van der Waals surface area contributed by atoms with E-state index in [0.717, 1.165) is 23.8 Å². The van der Waals surface area contributed by atoms with E-state index in [-0.39, 0.29) is 23.1 Å². The minimum atomic E-state index is -0.912. The second kappa shape index (κ2) is 8.81. The number of halogens is 2. The first-order valence-corrected chi connectivity index (χ1v) is 9.64. The van der Waals surface area contributed by atoms with Crippen LogP contribution in [0.4, 0.5) is 8.78 Å². The number of ether oxygens (including phenoxy) is 1. The zero-order valence-corrected chi connectivity index (χ0v) is 16.2. The summed E-state index contributed by atoms with van der Waals surface area (Å²) in [5, 5.41) is 5.96. The molecule has 0 radical (unpaired) electrons. The van der Waals surface area contributed by atoms with E-state index in [1.54, 1.807) is 0 Å². The molecule has 0 saturated heterocycles. The number of methoxy groups -OCH3 is 1. The van der Waals surface area contributed by atoms with Crippen molar-refractivity contribution in [3.8, 4) is 0 Å². The van der Waals surface area contributed by atoms with E-state index >= 15 is 0 Å². The summed E-state index contributed by atoms with van der Waals surface area (Å²) in [6.07, 6.45) is 1.12. The first kappa shape index (κ1) is 20.4. The van der Waals surface area contributed by atoms with Gasteiger partial charge in [-0.2, -0.15) is 5.10 Å². The Bertz CT molecular complexity index is 879. The van der Waals surface area contributed by atoms with Crippen molar-refractivity contribution in [1.82, 2.24) is 5.01 Å². The molecule has 2 aromatic rings. The summed E-state index contributed by atoms with van der Waals surface area (Å²) >= 11 is 1.23. The van der Waals surface area contributed by atoms with Gasteiger partial charge in [0.1, 0.15) is 28.2 Å². The standard InChI is InChI=1S/C20H21F2N3O2S/c1-27-13-18(26)25-20(10-5-11-23,14-6-3-2-4-7-14)28-19(24-25)16-12-15(21)8-9-17(16)22/h2-4,6-9,12H,5,10-11,13,23H2,1H3/t20-/m1/s1. The largest absolute Gasteiger partial charge is 0.375 e. The molecule has 3 rings (SSSR count). The fraction of sp³-hybridized carbons (Fsp3) is 0.300. The van der Waals surface area contributed by atoms with Crippen LogP contribution >= 0.6 is 11.8 Å². The Morgan fingerprint density at radius 3 is 2.68 bits per heavy atom. The van der Waals surface area contributed by atoms with Crippen LogP contribution in [-0.2, 0) is 14.4 Å². The van der Waals surface area contributed by atoms with Crippen molar-refractivity contribution in [1.29, 1.82) is 0 Å². The molecule has 1 amide bonds. The number of carbonyl (C=O) groups excluding carboxylic acids is 1. The number of nitrogens with two attached hydrogens (primary N) is 1. The van der Waals surface area contributed by atoms with Crippen LogP contribution in [0, 0.1) is 11.6 Å². The number of amides is 1. The number of nitrogens with zero attached hydrogens (tertiary/aromatic N) is 2. The number of carbonyl (C=O) groups is 1. The van der Waals surface area contributed by atoms with Crippen LogP contribution in [0.25, 0.3) is 0 Å². The van der Waals surface area contributed by atoms with Crippen LogP contribution < -0.4 is 5.73 Å². The zero-order valence-electron chi connectivity index (χ0n) is 15.4. The van der Waals surface area contributed by atoms with E-state index in [1.807, 2.05) is 30.3 Å². The molecule has 1 aliphatic rings. The smallest absolute Gasteiger partial charge is 0.270 e. The number of hydrogen-bond acceptors (Lipinski definition) is 5. The normalized spacial score (nSPS) is 19.0. The van der Waals surface area contributed by atoms with Gasteiger partial charge in [0.05, 0.1) is 0 Å². The Hall–Kier alpha value is -2.29. The summed E-state index contributed by atoms with van der Waals surface area (Å²) in [5.41, 5.74) is 6.58. The second-order valence-corrected chi connectivity index (χ2v) is 7.58. The van der Waals surface area contributed by atoms with Gasteiger partial charge >= 0.3 is 0 Å². The molecule has 5 nitrogen and oxygen atoms in total. The maximum atomic E-state index is 14.4. The van der Waals surface area contributed by atoms with Gasteiger partial charge in [0.2, 0.25) is 0 Å². The van der Waals surface area contributed by atoms with E-state index < -0.39 is 16.5 Å². The van der Waals surface area contributed by atoms with Gasteiger partial charge < -0.3 is 10.5 Å². The first-order chi connectivity index (χ1) is 13.5. The van der Waals surface area contributed by atoms with Gasteiger partial charge in [0.25, 0.3) is 5.91 Å². The topological polar surface area (TPSA) is 67.9 Å². The van der Waals surface area contributed by atoms with E-state index in [0.29, 0.717) is 19.4 Å². The number of hydrogen-bond donors (Lipinski definition) is 1. The summed E-state index contributed by atoms with van der Waals surface area (Å²) in [6, 6.07) is 12.6. The lowest BCUT2D eigenvalue weighted by molar-refractivity contribution is -0.138. The highest BCUT2D eigenvalue weighted by Crippen LogP contribution is 2.50. The molecule has 0 aliphatic carbocycles. The average Bonchev–Trinajstić information content (AvgIpc) is 3.10. The van der Waals surface area contributed by atoms with Gasteiger partial charge in [-0.1, -0.05) is 42.1 Å². The van der Waals surface area contributed by atoms with E-state index in [9.17, 15) is 13.6 Å². The van der Waals surface area contributed by atoms with Crippen molar-refractivity contribution >= 4 is 22.7 Å². The average molecular weight is 405 g/mol. The van der Waals surface area contributed by atoms with Crippen molar-refractivity contribution in [3.63, 3.8) is 0 Å². The lowest BCUT2D eigenvalue weighted by Gasteiger charge is -2.35. The van der Waals surface area contributed by atoms with Gasteiger partial charge in [-0.3, -0.25) is 4.79 Å². The number of thioether (sulfide) groups is 1. The SMILES string of the molecule is COCC(=O)N1N=C(c2cc(F)ccc2F)S[C@]1(CCCN)c1ccccc1. The molecule has 0 aromatic heterocycles. The Kier molecular flexibility index (Phi) is 6.43. The fourth-order valence-corrected chi connectivity index (χ4v) is 4.57. The summed E-state index contributed by atoms with van der Waals surface area (Å²) in [5.74, 6) is -1.55. The van der Waals surface area contributed by atoms with Crippen molar-refractivity contribution in [2.45, 2.75) is 17.7 Å². The molecule has 0 spiro atoms. The molecule has 1 heterocycles. The Morgan fingerprint density at radius 2 is 2.00 bits per heavy atom. The second-order valence-electron chi connectivity index (χ2n) is 6.31. The summed E-state index contributed by atoms with van der Waals surface area (Å²) in [4.78, 5) is 11.9. The first-order valence-electron chi connectivity index (χ1n) is 8.82. The summed E-state index contributed by atoms with van der Waals surface area (Å²) < 4.78 is 33.1. The molecule has 0 fully saturated rings. The fourth-order valence-electron chi connectivity index (χ4n) is 3.13.